The molecule has 2 aliphatic rings. The van der Waals surface area contributed by atoms with Crippen LogP contribution in [0.3, 0.4) is 0 Å². The molecule has 17 heavy (non-hydrogen) atoms. The molecule has 0 radical (unpaired) electrons. The molecule has 5 nitrogen and oxygen atoms in total. The van der Waals surface area contributed by atoms with Gasteiger partial charge in [0.1, 0.15) is 0 Å². The van der Waals surface area contributed by atoms with Crippen LogP contribution in [0, 0.1) is 0 Å². The van der Waals surface area contributed by atoms with Crippen molar-refractivity contribution in [2.75, 3.05) is 0 Å². The molecule has 96 valence electrons. The molecule has 2 bridgehead atoms. The summed E-state index contributed by atoms with van der Waals surface area (Å²) in [5.74, 6) is 0.303. The topological polar surface area (TPSA) is 69.8 Å². The van der Waals surface area contributed by atoms with Crippen LogP contribution in [0.25, 0.3) is 0 Å². The van der Waals surface area contributed by atoms with Crippen LogP contribution < -0.4 is 10.6 Å². The van der Waals surface area contributed by atoms with Crippen LogP contribution >= 0.6 is 24.8 Å². The Morgan fingerprint density at radius 2 is 2.24 bits per heavy atom. The van der Waals surface area contributed by atoms with Crippen molar-refractivity contribution in [3.05, 3.63) is 18.2 Å². The van der Waals surface area contributed by atoms with Gasteiger partial charge in [0, 0.05) is 30.5 Å². The van der Waals surface area contributed by atoms with Crippen molar-refractivity contribution in [3.63, 3.8) is 0 Å². The van der Waals surface area contributed by atoms with Crippen LogP contribution in [0.2, 0.25) is 0 Å². The molecule has 0 aliphatic carbocycles. The Morgan fingerprint density at radius 3 is 2.76 bits per heavy atom. The molecule has 3 N–H and O–H groups in total. The molecule has 7 heteroatoms. The van der Waals surface area contributed by atoms with Crippen LogP contribution in [0.1, 0.15) is 29.9 Å². The Kier molecular flexibility index (Phi) is 4.80. The van der Waals surface area contributed by atoms with Crippen LogP contribution in [-0.4, -0.2) is 34.0 Å². The van der Waals surface area contributed by atoms with E-state index in [0.717, 1.165) is 6.42 Å². The Balaban J connectivity index is 0.000000722. The number of fused-ring (bicyclic) bond motifs is 2. The number of hydrogen-bond acceptors (Lipinski definition) is 3. The molecule has 3 rings (SSSR count). The molecule has 1 amide bonds. The average molecular weight is 279 g/mol. The van der Waals surface area contributed by atoms with Crippen LogP contribution in [0.15, 0.2) is 12.4 Å². The monoisotopic (exact) mass is 278 g/mol. The van der Waals surface area contributed by atoms with Gasteiger partial charge in [0.25, 0.3) is 5.91 Å². The molecule has 2 saturated heterocycles. The van der Waals surface area contributed by atoms with E-state index in [1.807, 2.05) is 0 Å². The van der Waals surface area contributed by atoms with Crippen LogP contribution in [0.4, 0.5) is 0 Å². The maximum Gasteiger partial charge on any atom is 0.287 e. The molecular formula is C10H16Cl2N4O. The first-order valence-corrected chi connectivity index (χ1v) is 5.39. The molecule has 0 aromatic carbocycles. The first kappa shape index (κ1) is 14.3. The third-order valence-electron chi connectivity index (χ3n) is 3.33. The lowest BCUT2D eigenvalue weighted by molar-refractivity contribution is 0.0921. The van der Waals surface area contributed by atoms with E-state index < -0.39 is 0 Å². The van der Waals surface area contributed by atoms with E-state index in [0.29, 0.717) is 17.9 Å². The summed E-state index contributed by atoms with van der Waals surface area (Å²) in [6.45, 7) is 0. The quantitative estimate of drug-likeness (QED) is 0.752. The number of hydrogen-bond donors (Lipinski definition) is 3. The Labute approximate surface area is 112 Å². The maximum absolute atomic E-state index is 11.7. The summed E-state index contributed by atoms with van der Waals surface area (Å²) in [6, 6.07) is 1.35. The molecule has 2 fully saturated rings. The Bertz CT molecular complexity index is 370. The van der Waals surface area contributed by atoms with Gasteiger partial charge >= 0.3 is 0 Å². The zero-order chi connectivity index (χ0) is 10.3. The molecule has 0 unspecified atom stereocenters. The predicted octanol–water partition coefficient (Wildman–Crippen LogP) is 0.876. The number of H-pyrrole nitrogens is 1. The highest BCUT2D eigenvalue weighted by molar-refractivity contribution is 5.90. The fraction of sp³-hybridized carbons (Fsp3) is 0.600. The fourth-order valence-corrected chi connectivity index (χ4v) is 2.61. The van der Waals surface area contributed by atoms with E-state index in [2.05, 4.69) is 20.6 Å². The summed E-state index contributed by atoms with van der Waals surface area (Å²) >= 11 is 0. The zero-order valence-electron chi connectivity index (χ0n) is 9.18. The SMILES string of the molecule is Cl.Cl.O=C(N[C@H]1C[C@H]2CC[C@@H]1N2)c1ncc[nH]1. The van der Waals surface area contributed by atoms with Crippen molar-refractivity contribution >= 4 is 30.7 Å². The highest BCUT2D eigenvalue weighted by Gasteiger charge is 2.39. The van der Waals surface area contributed by atoms with Crippen molar-refractivity contribution in [1.29, 1.82) is 0 Å². The van der Waals surface area contributed by atoms with Gasteiger partial charge in [-0.15, -0.1) is 24.8 Å². The molecule has 3 atom stereocenters. The third kappa shape index (κ3) is 2.73. The van der Waals surface area contributed by atoms with Crippen molar-refractivity contribution in [3.8, 4) is 0 Å². The second-order valence-electron chi connectivity index (χ2n) is 4.30. The van der Waals surface area contributed by atoms with Gasteiger partial charge in [0.2, 0.25) is 0 Å². The van der Waals surface area contributed by atoms with E-state index >= 15 is 0 Å². The summed E-state index contributed by atoms with van der Waals surface area (Å²) in [5.41, 5.74) is 0. The molecule has 1 aromatic heterocycles. The van der Waals surface area contributed by atoms with Crippen molar-refractivity contribution in [2.45, 2.75) is 37.4 Å². The lowest BCUT2D eigenvalue weighted by Crippen LogP contribution is -2.43. The number of halogens is 2. The van der Waals surface area contributed by atoms with Crippen molar-refractivity contribution < 1.29 is 4.79 Å². The molecule has 0 saturated carbocycles. The number of rotatable bonds is 2. The van der Waals surface area contributed by atoms with Gasteiger partial charge in [-0.2, -0.15) is 0 Å². The number of nitrogens with zero attached hydrogens (tertiary/aromatic N) is 1. The smallest absolute Gasteiger partial charge is 0.287 e. The second-order valence-corrected chi connectivity index (χ2v) is 4.30. The average Bonchev–Trinajstić information content (AvgIpc) is 2.95. The van der Waals surface area contributed by atoms with Gasteiger partial charge in [0.15, 0.2) is 5.82 Å². The number of imidazole rings is 1. The van der Waals surface area contributed by atoms with Crippen LogP contribution in [-0.2, 0) is 0 Å². The third-order valence-corrected chi connectivity index (χ3v) is 3.33. The number of nitrogens with one attached hydrogen (secondary N) is 3. The minimum atomic E-state index is -0.0978. The second kappa shape index (κ2) is 5.71. The largest absolute Gasteiger partial charge is 0.345 e. The van der Waals surface area contributed by atoms with E-state index in [4.69, 9.17) is 0 Å². The zero-order valence-corrected chi connectivity index (χ0v) is 10.8. The summed E-state index contributed by atoms with van der Waals surface area (Å²) in [5, 5.41) is 6.50. The van der Waals surface area contributed by atoms with E-state index in [-0.39, 0.29) is 36.8 Å². The standard InChI is InChI=1S/C10H14N4O.2ClH/c15-10(9-11-3-4-12-9)14-8-5-6-1-2-7(8)13-6;;/h3-4,6-8,13H,1-2,5H2,(H,11,12)(H,14,15);2*1H/t6-,7+,8+;;/m1../s1. The van der Waals surface area contributed by atoms with Crippen LogP contribution in [0.5, 0.6) is 0 Å². The van der Waals surface area contributed by atoms with Gasteiger partial charge in [-0.05, 0) is 19.3 Å². The first-order chi connectivity index (χ1) is 7.33. The van der Waals surface area contributed by atoms with Crippen molar-refractivity contribution in [2.24, 2.45) is 0 Å². The van der Waals surface area contributed by atoms with Gasteiger partial charge in [-0.25, -0.2) is 4.98 Å². The normalized spacial score (nSPS) is 29.3. The molecular weight excluding hydrogens is 263 g/mol. The predicted molar refractivity (Wildman–Crippen MR) is 68.9 cm³/mol. The molecule has 3 heterocycles. The minimum absolute atomic E-state index is 0. The van der Waals surface area contributed by atoms with Gasteiger partial charge in [-0.3, -0.25) is 4.79 Å². The number of carbonyl (C=O) groups is 1. The number of carbonyl (C=O) groups excluding carboxylic acids is 1. The lowest BCUT2D eigenvalue weighted by atomic mass is 9.95. The lowest BCUT2D eigenvalue weighted by Gasteiger charge is -2.20. The minimum Gasteiger partial charge on any atom is -0.345 e. The number of aromatic nitrogens is 2. The summed E-state index contributed by atoms with van der Waals surface area (Å²) in [6.07, 6.45) is 6.73. The Hall–Kier alpha value is -0.780. The Morgan fingerprint density at radius 1 is 1.41 bits per heavy atom. The van der Waals surface area contributed by atoms with Gasteiger partial charge in [-0.1, -0.05) is 0 Å². The van der Waals surface area contributed by atoms with E-state index in [1.54, 1.807) is 12.4 Å². The molecule has 2 aliphatic heterocycles. The maximum atomic E-state index is 11.7. The number of aromatic amines is 1. The highest BCUT2D eigenvalue weighted by atomic mass is 35.5. The van der Waals surface area contributed by atoms with Crippen molar-refractivity contribution in [1.82, 2.24) is 20.6 Å². The first-order valence-electron chi connectivity index (χ1n) is 5.39. The fourth-order valence-electron chi connectivity index (χ4n) is 2.61. The summed E-state index contributed by atoms with van der Waals surface area (Å²) < 4.78 is 0. The summed E-state index contributed by atoms with van der Waals surface area (Å²) in [4.78, 5) is 18.4. The summed E-state index contributed by atoms with van der Waals surface area (Å²) in [7, 11) is 0. The highest BCUT2D eigenvalue weighted by Crippen LogP contribution is 2.28. The van der Waals surface area contributed by atoms with E-state index in [1.165, 1.54) is 12.8 Å². The molecule has 0 spiro atoms. The molecule has 1 aromatic rings. The van der Waals surface area contributed by atoms with Gasteiger partial charge in [0.05, 0.1) is 0 Å². The number of amides is 1. The van der Waals surface area contributed by atoms with Gasteiger partial charge < -0.3 is 15.6 Å². The van der Waals surface area contributed by atoms with E-state index in [9.17, 15) is 4.79 Å².